The summed E-state index contributed by atoms with van der Waals surface area (Å²) in [6.45, 7) is 4.23. The first-order chi connectivity index (χ1) is 13.0. The van der Waals surface area contributed by atoms with Crippen LogP contribution in [0.5, 0.6) is 0 Å². The van der Waals surface area contributed by atoms with Crippen molar-refractivity contribution >= 4 is 17.6 Å². The van der Waals surface area contributed by atoms with Crippen LogP contribution in [0.3, 0.4) is 0 Å². The number of carbonyl (C=O) groups is 2. The van der Waals surface area contributed by atoms with Crippen LogP contribution < -0.4 is 5.32 Å². The highest BCUT2D eigenvalue weighted by Gasteiger charge is 2.24. The highest BCUT2D eigenvalue weighted by molar-refractivity contribution is 5.92. The third-order valence-electron chi connectivity index (χ3n) is 4.52. The standard InChI is InChI=1S/C19H22FN5O2/c1-14(26)24-8-10-25(11-9-24)19(27)17-12-23-18(13-22-17)21-7-6-15-2-4-16(20)5-3-15/h2-5,12-13H,6-11H2,1H3,(H,21,23). The van der Waals surface area contributed by atoms with E-state index in [-0.39, 0.29) is 23.3 Å². The second kappa shape index (κ2) is 8.57. The van der Waals surface area contributed by atoms with Crippen molar-refractivity contribution in [1.82, 2.24) is 19.8 Å². The average Bonchev–Trinajstić information content (AvgIpc) is 2.69. The predicted octanol–water partition coefficient (Wildman–Crippen LogP) is 1.57. The van der Waals surface area contributed by atoms with E-state index in [1.54, 1.807) is 21.9 Å². The summed E-state index contributed by atoms with van der Waals surface area (Å²) < 4.78 is 12.9. The van der Waals surface area contributed by atoms with Crippen LogP contribution in [0.25, 0.3) is 0 Å². The van der Waals surface area contributed by atoms with Gasteiger partial charge in [-0.25, -0.2) is 14.4 Å². The third kappa shape index (κ3) is 4.99. The molecule has 1 aromatic carbocycles. The number of hydrogen-bond donors (Lipinski definition) is 1. The van der Waals surface area contributed by atoms with E-state index in [1.165, 1.54) is 31.5 Å². The maximum absolute atomic E-state index is 12.9. The monoisotopic (exact) mass is 371 g/mol. The molecule has 0 saturated carbocycles. The normalized spacial score (nSPS) is 14.1. The maximum Gasteiger partial charge on any atom is 0.274 e. The molecular formula is C19H22FN5O2. The molecule has 27 heavy (non-hydrogen) atoms. The minimum absolute atomic E-state index is 0.0259. The summed E-state index contributed by atoms with van der Waals surface area (Å²) in [5, 5.41) is 3.14. The molecule has 2 heterocycles. The van der Waals surface area contributed by atoms with Gasteiger partial charge in [0.1, 0.15) is 17.3 Å². The second-order valence-corrected chi connectivity index (χ2v) is 6.39. The predicted molar refractivity (Wildman–Crippen MR) is 98.8 cm³/mol. The molecule has 0 bridgehead atoms. The van der Waals surface area contributed by atoms with Crippen LogP contribution >= 0.6 is 0 Å². The molecule has 2 amide bonds. The fraction of sp³-hybridized carbons (Fsp3) is 0.368. The number of benzene rings is 1. The lowest BCUT2D eigenvalue weighted by Gasteiger charge is -2.33. The molecule has 3 rings (SSSR count). The topological polar surface area (TPSA) is 78.4 Å². The zero-order valence-corrected chi connectivity index (χ0v) is 15.2. The van der Waals surface area contributed by atoms with Crippen molar-refractivity contribution in [2.24, 2.45) is 0 Å². The molecule has 0 spiro atoms. The van der Waals surface area contributed by atoms with E-state index in [9.17, 15) is 14.0 Å². The molecule has 0 aliphatic carbocycles. The van der Waals surface area contributed by atoms with Gasteiger partial charge in [-0.3, -0.25) is 9.59 Å². The first-order valence-electron chi connectivity index (χ1n) is 8.88. The molecule has 0 radical (unpaired) electrons. The summed E-state index contributed by atoms with van der Waals surface area (Å²) in [6.07, 6.45) is 3.71. The number of amides is 2. The fourth-order valence-corrected chi connectivity index (χ4v) is 2.90. The van der Waals surface area contributed by atoms with Gasteiger partial charge in [0.05, 0.1) is 12.4 Å². The van der Waals surface area contributed by atoms with E-state index in [0.29, 0.717) is 38.5 Å². The summed E-state index contributed by atoms with van der Waals surface area (Å²) in [7, 11) is 0. The van der Waals surface area contributed by atoms with Gasteiger partial charge in [0.15, 0.2) is 0 Å². The van der Waals surface area contributed by atoms with Gasteiger partial charge in [-0.2, -0.15) is 0 Å². The summed E-state index contributed by atoms with van der Waals surface area (Å²) in [5.41, 5.74) is 1.31. The van der Waals surface area contributed by atoms with Crippen molar-refractivity contribution in [2.45, 2.75) is 13.3 Å². The summed E-state index contributed by atoms with van der Waals surface area (Å²) in [5.74, 6) is 0.178. The Kier molecular flexibility index (Phi) is 5.95. The van der Waals surface area contributed by atoms with Gasteiger partial charge in [0.25, 0.3) is 5.91 Å². The van der Waals surface area contributed by atoms with Crippen LogP contribution in [0.15, 0.2) is 36.7 Å². The largest absolute Gasteiger partial charge is 0.368 e. The Labute approximate surface area is 157 Å². The first kappa shape index (κ1) is 18.8. The molecule has 0 atom stereocenters. The van der Waals surface area contributed by atoms with Gasteiger partial charge in [-0.15, -0.1) is 0 Å². The van der Waals surface area contributed by atoms with Crippen molar-refractivity contribution in [3.8, 4) is 0 Å². The summed E-state index contributed by atoms with van der Waals surface area (Å²) in [6, 6.07) is 6.37. The van der Waals surface area contributed by atoms with Gasteiger partial charge in [-0.1, -0.05) is 12.1 Å². The molecule has 2 aromatic rings. The molecule has 7 nitrogen and oxygen atoms in total. The van der Waals surface area contributed by atoms with Crippen LogP contribution in [-0.2, 0) is 11.2 Å². The average molecular weight is 371 g/mol. The van der Waals surface area contributed by atoms with Crippen molar-refractivity contribution < 1.29 is 14.0 Å². The summed E-state index contributed by atoms with van der Waals surface area (Å²) in [4.78, 5) is 35.7. The number of carbonyl (C=O) groups excluding carboxylic acids is 2. The van der Waals surface area contributed by atoms with E-state index in [4.69, 9.17) is 0 Å². The molecule has 8 heteroatoms. The molecule has 142 valence electrons. The van der Waals surface area contributed by atoms with E-state index in [1.807, 2.05) is 0 Å². The van der Waals surface area contributed by atoms with Gasteiger partial charge in [-0.05, 0) is 24.1 Å². The van der Waals surface area contributed by atoms with Crippen LogP contribution in [0.4, 0.5) is 10.2 Å². The first-order valence-corrected chi connectivity index (χ1v) is 8.88. The maximum atomic E-state index is 12.9. The minimum atomic E-state index is -0.250. The molecule has 1 aliphatic rings. The summed E-state index contributed by atoms with van der Waals surface area (Å²) >= 11 is 0. The number of nitrogens with one attached hydrogen (secondary N) is 1. The zero-order valence-electron chi connectivity index (χ0n) is 15.2. The van der Waals surface area contributed by atoms with Crippen molar-refractivity contribution in [1.29, 1.82) is 0 Å². The SMILES string of the molecule is CC(=O)N1CCN(C(=O)c2cnc(NCCc3ccc(F)cc3)cn2)CC1. The Morgan fingerprint density at radius 2 is 1.70 bits per heavy atom. The Morgan fingerprint density at radius 3 is 2.30 bits per heavy atom. The Balaban J connectivity index is 1.48. The number of rotatable bonds is 5. The Bertz CT molecular complexity index is 787. The van der Waals surface area contributed by atoms with Gasteiger partial charge < -0.3 is 15.1 Å². The van der Waals surface area contributed by atoms with Crippen LogP contribution in [0, 0.1) is 5.82 Å². The number of hydrogen-bond acceptors (Lipinski definition) is 5. The molecule has 1 fully saturated rings. The zero-order chi connectivity index (χ0) is 19.2. The highest BCUT2D eigenvalue weighted by Crippen LogP contribution is 2.09. The minimum Gasteiger partial charge on any atom is -0.368 e. The van der Waals surface area contributed by atoms with Crippen LogP contribution in [-0.4, -0.2) is 64.3 Å². The number of piperazine rings is 1. The van der Waals surface area contributed by atoms with Crippen molar-refractivity contribution in [3.63, 3.8) is 0 Å². The molecule has 1 aliphatic heterocycles. The smallest absolute Gasteiger partial charge is 0.274 e. The number of nitrogens with zero attached hydrogens (tertiary/aromatic N) is 4. The molecule has 1 N–H and O–H groups in total. The number of anilines is 1. The fourth-order valence-electron chi connectivity index (χ4n) is 2.90. The lowest BCUT2D eigenvalue weighted by molar-refractivity contribution is -0.130. The van der Waals surface area contributed by atoms with E-state index < -0.39 is 0 Å². The number of aromatic nitrogens is 2. The molecule has 1 saturated heterocycles. The van der Waals surface area contributed by atoms with E-state index in [0.717, 1.165) is 12.0 Å². The van der Waals surface area contributed by atoms with Crippen LogP contribution in [0.1, 0.15) is 23.0 Å². The molecular weight excluding hydrogens is 349 g/mol. The van der Waals surface area contributed by atoms with Gasteiger partial charge in [0, 0.05) is 39.6 Å². The molecule has 0 unspecified atom stereocenters. The Morgan fingerprint density at radius 1 is 1.04 bits per heavy atom. The highest BCUT2D eigenvalue weighted by atomic mass is 19.1. The van der Waals surface area contributed by atoms with Crippen molar-refractivity contribution in [2.75, 3.05) is 38.0 Å². The number of halogens is 1. The van der Waals surface area contributed by atoms with E-state index >= 15 is 0 Å². The molecule has 1 aromatic heterocycles. The van der Waals surface area contributed by atoms with Gasteiger partial charge >= 0.3 is 0 Å². The van der Waals surface area contributed by atoms with E-state index in [2.05, 4.69) is 15.3 Å². The Hall–Kier alpha value is -3.03. The van der Waals surface area contributed by atoms with Gasteiger partial charge in [0.2, 0.25) is 5.91 Å². The van der Waals surface area contributed by atoms with Crippen molar-refractivity contribution in [3.05, 3.63) is 53.7 Å². The second-order valence-electron chi connectivity index (χ2n) is 6.39. The quantitative estimate of drug-likeness (QED) is 0.863. The third-order valence-corrected chi connectivity index (χ3v) is 4.52. The van der Waals surface area contributed by atoms with Crippen LogP contribution in [0.2, 0.25) is 0 Å². The lowest BCUT2D eigenvalue weighted by atomic mass is 10.1. The lowest BCUT2D eigenvalue weighted by Crippen LogP contribution is -2.50.